The maximum Gasteiger partial charge on any atom is 0.259 e. The van der Waals surface area contributed by atoms with E-state index in [1.807, 2.05) is 32.9 Å². The summed E-state index contributed by atoms with van der Waals surface area (Å²) >= 11 is 0. The SMILES string of the molecule is CCC(C)(N)c1noc(-c2cccnc2C)n1. The van der Waals surface area contributed by atoms with Crippen LogP contribution in [0.25, 0.3) is 11.5 Å². The molecule has 1 atom stereocenters. The van der Waals surface area contributed by atoms with Crippen molar-refractivity contribution in [2.75, 3.05) is 0 Å². The average Bonchev–Trinajstić information content (AvgIpc) is 2.79. The van der Waals surface area contributed by atoms with Gasteiger partial charge in [-0.25, -0.2) is 0 Å². The molecule has 2 rings (SSSR count). The van der Waals surface area contributed by atoms with Crippen molar-refractivity contribution >= 4 is 0 Å². The second-order valence-corrected chi connectivity index (χ2v) is 4.33. The van der Waals surface area contributed by atoms with E-state index in [4.69, 9.17) is 10.3 Å². The molecule has 2 heterocycles. The van der Waals surface area contributed by atoms with Crippen LogP contribution in [0.5, 0.6) is 0 Å². The fourth-order valence-corrected chi connectivity index (χ4v) is 1.43. The van der Waals surface area contributed by atoms with Gasteiger partial charge >= 0.3 is 0 Å². The van der Waals surface area contributed by atoms with Crippen LogP contribution in [0, 0.1) is 6.92 Å². The highest BCUT2D eigenvalue weighted by atomic mass is 16.5. The highest BCUT2D eigenvalue weighted by molar-refractivity contribution is 5.55. The summed E-state index contributed by atoms with van der Waals surface area (Å²) in [7, 11) is 0. The predicted octanol–water partition coefficient (Wildman–Crippen LogP) is 2.02. The maximum absolute atomic E-state index is 6.07. The van der Waals surface area contributed by atoms with Gasteiger partial charge < -0.3 is 10.3 Å². The Kier molecular flexibility index (Phi) is 2.93. The number of aryl methyl sites for hydroxylation is 1. The molecule has 0 saturated carbocycles. The van der Waals surface area contributed by atoms with Crippen LogP contribution in [0.4, 0.5) is 0 Å². The van der Waals surface area contributed by atoms with Gasteiger partial charge in [0.2, 0.25) is 0 Å². The van der Waals surface area contributed by atoms with Crippen molar-refractivity contribution in [1.82, 2.24) is 15.1 Å². The molecule has 0 aromatic carbocycles. The quantitative estimate of drug-likeness (QED) is 0.876. The Morgan fingerprint density at radius 1 is 1.47 bits per heavy atom. The Bertz CT molecular complexity index is 519. The Morgan fingerprint density at radius 3 is 2.88 bits per heavy atom. The molecule has 2 aromatic heterocycles. The largest absolute Gasteiger partial charge is 0.334 e. The number of nitrogens with zero attached hydrogens (tertiary/aromatic N) is 3. The third-order valence-corrected chi connectivity index (χ3v) is 2.91. The number of pyridine rings is 1. The molecule has 0 saturated heterocycles. The summed E-state index contributed by atoms with van der Waals surface area (Å²) in [6.45, 7) is 5.78. The Labute approximate surface area is 100 Å². The summed E-state index contributed by atoms with van der Waals surface area (Å²) < 4.78 is 5.24. The van der Waals surface area contributed by atoms with Gasteiger partial charge in [-0.05, 0) is 32.4 Å². The van der Waals surface area contributed by atoms with Crippen molar-refractivity contribution in [1.29, 1.82) is 0 Å². The number of rotatable bonds is 3. The third kappa shape index (κ3) is 2.19. The van der Waals surface area contributed by atoms with E-state index in [1.54, 1.807) is 6.20 Å². The molecule has 0 radical (unpaired) electrons. The second-order valence-electron chi connectivity index (χ2n) is 4.33. The van der Waals surface area contributed by atoms with E-state index in [-0.39, 0.29) is 0 Å². The van der Waals surface area contributed by atoms with Crippen molar-refractivity contribution in [2.24, 2.45) is 5.73 Å². The van der Waals surface area contributed by atoms with Crippen molar-refractivity contribution in [2.45, 2.75) is 32.7 Å². The molecule has 5 nitrogen and oxygen atoms in total. The van der Waals surface area contributed by atoms with E-state index in [0.717, 1.165) is 17.7 Å². The van der Waals surface area contributed by atoms with Crippen LogP contribution in [0.2, 0.25) is 0 Å². The number of hydrogen-bond donors (Lipinski definition) is 1. The Balaban J connectivity index is 2.40. The molecule has 0 aliphatic heterocycles. The molecule has 17 heavy (non-hydrogen) atoms. The lowest BCUT2D eigenvalue weighted by Crippen LogP contribution is -2.33. The Hall–Kier alpha value is -1.75. The van der Waals surface area contributed by atoms with Crippen LogP contribution in [0.1, 0.15) is 31.8 Å². The normalized spacial score (nSPS) is 14.6. The van der Waals surface area contributed by atoms with Crippen molar-refractivity contribution < 1.29 is 4.52 Å². The standard InChI is InChI=1S/C12H16N4O/c1-4-12(3,13)11-15-10(17-16-11)9-6-5-7-14-8(9)2/h5-7H,4,13H2,1-3H3. The molecule has 0 spiro atoms. The van der Waals surface area contributed by atoms with Gasteiger partial charge in [-0.2, -0.15) is 4.98 Å². The first kappa shape index (κ1) is 11.7. The van der Waals surface area contributed by atoms with Crippen LogP contribution >= 0.6 is 0 Å². The van der Waals surface area contributed by atoms with E-state index in [0.29, 0.717) is 11.7 Å². The highest BCUT2D eigenvalue weighted by Gasteiger charge is 2.25. The number of nitrogens with two attached hydrogens (primary N) is 1. The monoisotopic (exact) mass is 232 g/mol. The van der Waals surface area contributed by atoms with E-state index in [2.05, 4.69) is 15.1 Å². The molecule has 0 aliphatic rings. The fraction of sp³-hybridized carbons (Fsp3) is 0.417. The molecular weight excluding hydrogens is 216 g/mol. The smallest absolute Gasteiger partial charge is 0.259 e. The maximum atomic E-state index is 6.07. The predicted molar refractivity (Wildman–Crippen MR) is 64.1 cm³/mol. The molecule has 1 unspecified atom stereocenters. The van der Waals surface area contributed by atoms with Crippen LogP contribution in [0.3, 0.4) is 0 Å². The molecule has 90 valence electrons. The minimum Gasteiger partial charge on any atom is -0.334 e. The zero-order valence-electron chi connectivity index (χ0n) is 10.3. The summed E-state index contributed by atoms with van der Waals surface area (Å²) in [5, 5.41) is 3.94. The van der Waals surface area contributed by atoms with E-state index in [1.165, 1.54) is 0 Å². The van der Waals surface area contributed by atoms with Gasteiger partial charge in [0.15, 0.2) is 5.82 Å². The van der Waals surface area contributed by atoms with Gasteiger partial charge in [0, 0.05) is 11.9 Å². The summed E-state index contributed by atoms with van der Waals surface area (Å²) in [4.78, 5) is 8.53. The van der Waals surface area contributed by atoms with Crippen molar-refractivity contribution in [3.8, 4) is 11.5 Å². The molecular formula is C12H16N4O. The first-order valence-electron chi connectivity index (χ1n) is 5.59. The minimum atomic E-state index is -0.558. The van der Waals surface area contributed by atoms with Crippen molar-refractivity contribution in [3.05, 3.63) is 29.8 Å². The summed E-state index contributed by atoms with van der Waals surface area (Å²) in [6, 6.07) is 3.74. The molecule has 0 bridgehead atoms. The van der Waals surface area contributed by atoms with Crippen LogP contribution in [-0.4, -0.2) is 15.1 Å². The summed E-state index contributed by atoms with van der Waals surface area (Å²) in [5.74, 6) is 0.994. The topological polar surface area (TPSA) is 77.8 Å². The molecule has 2 N–H and O–H groups in total. The second kappa shape index (κ2) is 4.25. The van der Waals surface area contributed by atoms with E-state index < -0.39 is 5.54 Å². The highest BCUT2D eigenvalue weighted by Crippen LogP contribution is 2.24. The van der Waals surface area contributed by atoms with Crippen LogP contribution in [0.15, 0.2) is 22.9 Å². The van der Waals surface area contributed by atoms with Gasteiger partial charge in [0.05, 0.1) is 11.1 Å². The molecule has 0 amide bonds. The summed E-state index contributed by atoms with van der Waals surface area (Å²) in [5.41, 5.74) is 7.21. The average molecular weight is 232 g/mol. The van der Waals surface area contributed by atoms with Gasteiger partial charge in [0.25, 0.3) is 5.89 Å². The lowest BCUT2D eigenvalue weighted by Gasteiger charge is -2.16. The van der Waals surface area contributed by atoms with Gasteiger partial charge in [0.1, 0.15) is 0 Å². The number of aromatic nitrogens is 3. The third-order valence-electron chi connectivity index (χ3n) is 2.91. The van der Waals surface area contributed by atoms with Crippen LogP contribution in [-0.2, 0) is 5.54 Å². The number of hydrogen-bond acceptors (Lipinski definition) is 5. The molecule has 0 aliphatic carbocycles. The first-order chi connectivity index (χ1) is 8.04. The lowest BCUT2D eigenvalue weighted by molar-refractivity contribution is 0.378. The van der Waals surface area contributed by atoms with Gasteiger partial charge in [-0.1, -0.05) is 12.1 Å². The summed E-state index contributed by atoms with van der Waals surface area (Å²) in [6.07, 6.45) is 2.48. The van der Waals surface area contributed by atoms with Crippen molar-refractivity contribution in [3.63, 3.8) is 0 Å². The molecule has 0 fully saturated rings. The lowest BCUT2D eigenvalue weighted by atomic mass is 10.00. The Morgan fingerprint density at radius 2 is 2.24 bits per heavy atom. The minimum absolute atomic E-state index is 0.468. The molecule has 2 aromatic rings. The zero-order chi connectivity index (χ0) is 12.5. The molecule has 5 heteroatoms. The van der Waals surface area contributed by atoms with Gasteiger partial charge in [-0.15, -0.1) is 0 Å². The van der Waals surface area contributed by atoms with E-state index >= 15 is 0 Å². The van der Waals surface area contributed by atoms with E-state index in [9.17, 15) is 0 Å². The zero-order valence-corrected chi connectivity index (χ0v) is 10.3. The van der Waals surface area contributed by atoms with Crippen LogP contribution < -0.4 is 5.73 Å². The first-order valence-corrected chi connectivity index (χ1v) is 5.59. The van der Waals surface area contributed by atoms with Gasteiger partial charge in [-0.3, -0.25) is 4.98 Å². The fourth-order valence-electron chi connectivity index (χ4n) is 1.43.